The molecule has 4 amide bonds. The van der Waals surface area contributed by atoms with Gasteiger partial charge in [-0.1, -0.05) is 13.8 Å². The molecule has 0 aliphatic rings. The summed E-state index contributed by atoms with van der Waals surface area (Å²) in [5, 5.41) is 25.0. The topological polar surface area (TPSA) is 214 Å². The Bertz CT molecular complexity index is 594. The minimum Gasteiger partial charge on any atom is -0.480 e. The standard InChI is InChI=1S/C16H29N5O7/c1-7(2)4-10(16(27)28)21-14(25)9(5-11(17)23)20-12(24)6-19-15(26)13(18)8(3)22/h7-10,13,22H,4-6,18H2,1-3H3,(H2,17,23)(H,19,26)(H,20,24)(H,21,25)(H,27,28). The normalized spacial score (nSPS) is 15.1. The molecule has 12 heteroatoms. The maximum absolute atomic E-state index is 12.3. The van der Waals surface area contributed by atoms with Crippen molar-refractivity contribution in [1.29, 1.82) is 0 Å². The third-order valence-corrected chi connectivity index (χ3v) is 3.62. The monoisotopic (exact) mass is 403 g/mol. The van der Waals surface area contributed by atoms with Crippen LogP contribution in [-0.2, 0) is 24.0 Å². The lowest BCUT2D eigenvalue weighted by Crippen LogP contribution is -2.55. The number of nitrogens with two attached hydrogens (primary N) is 2. The summed E-state index contributed by atoms with van der Waals surface area (Å²) in [7, 11) is 0. The highest BCUT2D eigenvalue weighted by Crippen LogP contribution is 2.06. The van der Waals surface area contributed by atoms with E-state index >= 15 is 0 Å². The number of amides is 4. The molecule has 12 nitrogen and oxygen atoms in total. The van der Waals surface area contributed by atoms with Crippen LogP contribution in [0.2, 0.25) is 0 Å². The van der Waals surface area contributed by atoms with Crippen molar-refractivity contribution in [1.82, 2.24) is 16.0 Å². The van der Waals surface area contributed by atoms with E-state index in [1.54, 1.807) is 13.8 Å². The van der Waals surface area contributed by atoms with E-state index in [1.165, 1.54) is 6.92 Å². The first-order valence-corrected chi connectivity index (χ1v) is 8.67. The van der Waals surface area contributed by atoms with Gasteiger partial charge in [0.25, 0.3) is 0 Å². The first kappa shape index (κ1) is 25.3. The molecule has 0 saturated heterocycles. The largest absolute Gasteiger partial charge is 0.480 e. The minimum atomic E-state index is -1.42. The van der Waals surface area contributed by atoms with Crippen molar-refractivity contribution < 1.29 is 34.2 Å². The van der Waals surface area contributed by atoms with E-state index < -0.39 is 66.8 Å². The number of carboxylic acid groups (broad SMARTS) is 1. The molecule has 28 heavy (non-hydrogen) atoms. The van der Waals surface area contributed by atoms with Gasteiger partial charge in [0, 0.05) is 0 Å². The fourth-order valence-corrected chi connectivity index (χ4v) is 2.13. The van der Waals surface area contributed by atoms with Gasteiger partial charge in [-0.05, 0) is 19.3 Å². The Morgan fingerprint density at radius 1 is 0.964 bits per heavy atom. The first-order valence-electron chi connectivity index (χ1n) is 8.67. The van der Waals surface area contributed by atoms with Crippen molar-refractivity contribution in [3.05, 3.63) is 0 Å². The van der Waals surface area contributed by atoms with Gasteiger partial charge in [-0.2, -0.15) is 0 Å². The Balaban J connectivity index is 4.94. The van der Waals surface area contributed by atoms with Crippen LogP contribution < -0.4 is 27.4 Å². The molecular weight excluding hydrogens is 374 g/mol. The van der Waals surface area contributed by atoms with Crippen molar-refractivity contribution in [3.63, 3.8) is 0 Å². The smallest absolute Gasteiger partial charge is 0.326 e. The Morgan fingerprint density at radius 3 is 1.96 bits per heavy atom. The molecule has 9 N–H and O–H groups in total. The van der Waals surface area contributed by atoms with E-state index in [0.717, 1.165) is 0 Å². The van der Waals surface area contributed by atoms with Crippen molar-refractivity contribution >= 4 is 29.6 Å². The van der Waals surface area contributed by atoms with Crippen LogP contribution >= 0.6 is 0 Å². The summed E-state index contributed by atoms with van der Waals surface area (Å²) >= 11 is 0. The van der Waals surface area contributed by atoms with E-state index in [0.29, 0.717) is 0 Å². The third-order valence-electron chi connectivity index (χ3n) is 3.62. The second kappa shape index (κ2) is 11.9. The Kier molecular flexibility index (Phi) is 10.7. The van der Waals surface area contributed by atoms with Gasteiger partial charge in [-0.15, -0.1) is 0 Å². The molecule has 4 unspecified atom stereocenters. The zero-order valence-electron chi connectivity index (χ0n) is 16.1. The van der Waals surface area contributed by atoms with E-state index in [4.69, 9.17) is 11.5 Å². The molecule has 0 fully saturated rings. The second-order valence-corrected chi connectivity index (χ2v) is 6.80. The second-order valence-electron chi connectivity index (χ2n) is 6.80. The Morgan fingerprint density at radius 2 is 1.54 bits per heavy atom. The Labute approximate surface area is 162 Å². The number of rotatable bonds is 12. The molecule has 160 valence electrons. The summed E-state index contributed by atoms with van der Waals surface area (Å²) in [5.74, 6) is -4.69. The third kappa shape index (κ3) is 9.83. The number of hydrogen-bond donors (Lipinski definition) is 7. The molecule has 0 bridgehead atoms. The van der Waals surface area contributed by atoms with Gasteiger partial charge in [-0.25, -0.2) is 4.79 Å². The van der Waals surface area contributed by atoms with Crippen LogP contribution in [0, 0.1) is 5.92 Å². The number of aliphatic carboxylic acids is 1. The van der Waals surface area contributed by atoms with Crippen molar-refractivity contribution in [3.8, 4) is 0 Å². The quantitative estimate of drug-likeness (QED) is 0.175. The zero-order valence-corrected chi connectivity index (χ0v) is 16.1. The maximum atomic E-state index is 12.3. The first-order chi connectivity index (χ1) is 12.8. The molecule has 0 aliphatic heterocycles. The highest BCUT2D eigenvalue weighted by molar-refractivity contribution is 5.95. The summed E-state index contributed by atoms with van der Waals surface area (Å²) in [6.07, 6.45) is -1.55. The van der Waals surface area contributed by atoms with E-state index in [9.17, 15) is 34.2 Å². The van der Waals surface area contributed by atoms with Gasteiger partial charge in [0.2, 0.25) is 23.6 Å². The van der Waals surface area contributed by atoms with Crippen molar-refractivity contribution in [2.45, 2.75) is 57.8 Å². The highest BCUT2D eigenvalue weighted by atomic mass is 16.4. The fourth-order valence-electron chi connectivity index (χ4n) is 2.13. The number of carboxylic acids is 1. The van der Waals surface area contributed by atoms with Gasteiger partial charge >= 0.3 is 5.97 Å². The molecule has 4 atom stereocenters. The number of carbonyl (C=O) groups excluding carboxylic acids is 4. The number of nitrogens with one attached hydrogen (secondary N) is 3. The van der Waals surface area contributed by atoms with Crippen LogP contribution in [0.25, 0.3) is 0 Å². The predicted octanol–water partition coefficient (Wildman–Crippen LogP) is -3.21. The van der Waals surface area contributed by atoms with Gasteiger partial charge in [0.15, 0.2) is 0 Å². The van der Waals surface area contributed by atoms with Gasteiger partial charge in [0.05, 0.1) is 19.1 Å². The number of primary amides is 1. The molecule has 0 spiro atoms. The molecule has 0 aromatic rings. The van der Waals surface area contributed by atoms with Crippen molar-refractivity contribution in [2.24, 2.45) is 17.4 Å². The molecule has 0 heterocycles. The number of hydrogen-bond acceptors (Lipinski definition) is 7. The van der Waals surface area contributed by atoms with E-state index in [-0.39, 0.29) is 12.3 Å². The molecule has 0 aromatic heterocycles. The fraction of sp³-hybridized carbons (Fsp3) is 0.688. The summed E-state index contributed by atoms with van der Waals surface area (Å²) in [6, 6.07) is -3.87. The van der Waals surface area contributed by atoms with E-state index in [1.807, 2.05) is 0 Å². The van der Waals surface area contributed by atoms with E-state index in [2.05, 4.69) is 16.0 Å². The van der Waals surface area contributed by atoms with Crippen molar-refractivity contribution in [2.75, 3.05) is 6.54 Å². The van der Waals surface area contributed by atoms with Crippen LogP contribution in [0.4, 0.5) is 0 Å². The lowest BCUT2D eigenvalue weighted by molar-refractivity contribution is -0.142. The predicted molar refractivity (Wildman–Crippen MR) is 97.4 cm³/mol. The summed E-state index contributed by atoms with van der Waals surface area (Å²) in [5.41, 5.74) is 10.5. The van der Waals surface area contributed by atoms with Gasteiger partial charge < -0.3 is 37.6 Å². The summed E-state index contributed by atoms with van der Waals surface area (Å²) in [6.45, 7) is 4.26. The molecule has 0 rings (SSSR count). The zero-order chi connectivity index (χ0) is 22.0. The highest BCUT2D eigenvalue weighted by Gasteiger charge is 2.28. The lowest BCUT2D eigenvalue weighted by Gasteiger charge is -2.22. The maximum Gasteiger partial charge on any atom is 0.326 e. The number of aliphatic hydroxyl groups excluding tert-OH is 1. The van der Waals surface area contributed by atoms with Crippen LogP contribution in [-0.4, -0.2) is 70.6 Å². The average Bonchev–Trinajstić information content (AvgIpc) is 2.56. The summed E-state index contributed by atoms with van der Waals surface area (Å²) < 4.78 is 0. The summed E-state index contributed by atoms with van der Waals surface area (Å²) in [4.78, 5) is 58.3. The van der Waals surface area contributed by atoms with Gasteiger partial charge in [0.1, 0.15) is 18.1 Å². The lowest BCUT2D eigenvalue weighted by atomic mass is 10.0. The van der Waals surface area contributed by atoms with Crippen LogP contribution in [0.5, 0.6) is 0 Å². The minimum absolute atomic E-state index is 0.0288. The molecular formula is C16H29N5O7. The van der Waals surface area contributed by atoms with Crippen LogP contribution in [0.15, 0.2) is 0 Å². The van der Waals surface area contributed by atoms with Crippen LogP contribution in [0.1, 0.15) is 33.6 Å². The molecule has 0 radical (unpaired) electrons. The average molecular weight is 403 g/mol. The SMILES string of the molecule is CC(C)CC(NC(=O)C(CC(N)=O)NC(=O)CNC(=O)C(N)C(C)O)C(=O)O. The Hall–Kier alpha value is -2.73. The molecule has 0 aromatic carbocycles. The van der Waals surface area contributed by atoms with Crippen LogP contribution in [0.3, 0.4) is 0 Å². The number of aliphatic hydroxyl groups is 1. The molecule has 0 saturated carbocycles. The molecule has 0 aliphatic carbocycles. The van der Waals surface area contributed by atoms with Gasteiger partial charge in [-0.3, -0.25) is 19.2 Å². The number of carbonyl (C=O) groups is 5.